The Labute approximate surface area is 115 Å². The molecule has 4 atom stereocenters. The van der Waals surface area contributed by atoms with Crippen molar-refractivity contribution in [2.24, 2.45) is 0 Å². The number of morpholine rings is 1. The van der Waals surface area contributed by atoms with Crippen molar-refractivity contribution in [1.82, 2.24) is 9.80 Å². The zero-order valence-corrected chi connectivity index (χ0v) is 11.6. The molecule has 0 saturated carbocycles. The summed E-state index contributed by atoms with van der Waals surface area (Å²) in [6.45, 7) is 4.34. The first-order valence-electron chi connectivity index (χ1n) is 7.92. The standard InChI is InChI=1S/C15H24N2O2/c18-14-6-11-3-4-12(7-14)17(11)9-15-8-16-5-1-2-13(16)10-19-15/h11-13,15H,1-10H2. The van der Waals surface area contributed by atoms with E-state index in [1.807, 2.05) is 0 Å². The molecule has 4 nitrogen and oxygen atoms in total. The molecule has 0 amide bonds. The van der Waals surface area contributed by atoms with Gasteiger partial charge in [0.05, 0.1) is 12.7 Å². The first-order chi connectivity index (χ1) is 9.29. The van der Waals surface area contributed by atoms with Crippen LogP contribution >= 0.6 is 0 Å². The van der Waals surface area contributed by atoms with Crippen molar-refractivity contribution in [2.45, 2.75) is 62.8 Å². The normalized spacial score (nSPS) is 43.7. The van der Waals surface area contributed by atoms with Gasteiger partial charge in [0.1, 0.15) is 5.78 Å². The lowest BCUT2D eigenvalue weighted by Crippen LogP contribution is -2.53. The molecule has 4 heteroatoms. The van der Waals surface area contributed by atoms with Gasteiger partial charge in [-0.1, -0.05) is 0 Å². The number of Topliss-reactive ketones (excluding diaryl/α,β-unsaturated/α-hetero) is 1. The van der Waals surface area contributed by atoms with Crippen LogP contribution in [0.3, 0.4) is 0 Å². The van der Waals surface area contributed by atoms with Gasteiger partial charge < -0.3 is 4.74 Å². The molecule has 4 unspecified atom stereocenters. The van der Waals surface area contributed by atoms with Gasteiger partial charge in [0, 0.05) is 44.1 Å². The van der Waals surface area contributed by atoms with Gasteiger partial charge >= 0.3 is 0 Å². The van der Waals surface area contributed by atoms with Gasteiger partial charge in [0.2, 0.25) is 0 Å². The molecule has 4 saturated heterocycles. The molecule has 19 heavy (non-hydrogen) atoms. The molecule has 4 fully saturated rings. The summed E-state index contributed by atoms with van der Waals surface area (Å²) in [5.41, 5.74) is 0. The van der Waals surface area contributed by atoms with E-state index in [0.29, 0.717) is 30.0 Å². The highest BCUT2D eigenvalue weighted by Gasteiger charge is 2.42. The predicted octanol–water partition coefficient (Wildman–Crippen LogP) is 1.05. The number of ether oxygens (including phenoxy) is 1. The number of rotatable bonds is 2. The third-order valence-electron chi connectivity index (χ3n) is 5.57. The van der Waals surface area contributed by atoms with Crippen molar-refractivity contribution in [2.75, 3.05) is 26.2 Å². The summed E-state index contributed by atoms with van der Waals surface area (Å²) in [6, 6.07) is 1.73. The second-order valence-corrected chi connectivity index (χ2v) is 6.78. The maximum atomic E-state index is 11.6. The van der Waals surface area contributed by atoms with Gasteiger partial charge in [-0.3, -0.25) is 14.6 Å². The highest BCUT2D eigenvalue weighted by atomic mass is 16.5. The lowest BCUT2D eigenvalue weighted by molar-refractivity contribution is -0.125. The van der Waals surface area contributed by atoms with Gasteiger partial charge in [0.25, 0.3) is 0 Å². The van der Waals surface area contributed by atoms with Crippen molar-refractivity contribution >= 4 is 5.78 Å². The Morgan fingerprint density at radius 3 is 2.68 bits per heavy atom. The molecule has 0 aromatic heterocycles. The van der Waals surface area contributed by atoms with Crippen LogP contribution in [-0.4, -0.2) is 66.1 Å². The summed E-state index contributed by atoms with van der Waals surface area (Å²) < 4.78 is 6.08. The van der Waals surface area contributed by atoms with Gasteiger partial charge in [-0.15, -0.1) is 0 Å². The van der Waals surface area contributed by atoms with Crippen LogP contribution in [0.4, 0.5) is 0 Å². The fourth-order valence-electron chi connectivity index (χ4n) is 4.59. The monoisotopic (exact) mass is 264 g/mol. The fraction of sp³-hybridized carbons (Fsp3) is 0.933. The second-order valence-electron chi connectivity index (χ2n) is 6.78. The molecule has 0 aliphatic carbocycles. The molecule has 0 spiro atoms. The number of ketones is 1. The molecule has 0 aromatic rings. The van der Waals surface area contributed by atoms with Crippen molar-refractivity contribution < 1.29 is 9.53 Å². The maximum Gasteiger partial charge on any atom is 0.136 e. The molecule has 0 N–H and O–H groups in total. The fourth-order valence-corrected chi connectivity index (χ4v) is 4.59. The molecule has 106 valence electrons. The molecule has 2 bridgehead atoms. The molecule has 4 rings (SSSR count). The first-order valence-corrected chi connectivity index (χ1v) is 7.92. The molecular weight excluding hydrogens is 240 g/mol. The lowest BCUT2D eigenvalue weighted by atomic mass is 10.0. The topological polar surface area (TPSA) is 32.8 Å². The lowest BCUT2D eigenvalue weighted by Gasteiger charge is -2.40. The van der Waals surface area contributed by atoms with E-state index in [1.165, 1.54) is 32.2 Å². The van der Waals surface area contributed by atoms with Crippen molar-refractivity contribution in [1.29, 1.82) is 0 Å². The number of hydrogen-bond donors (Lipinski definition) is 0. The molecule has 0 aromatic carbocycles. The Hall–Kier alpha value is -0.450. The number of fused-ring (bicyclic) bond motifs is 3. The van der Waals surface area contributed by atoms with Crippen LogP contribution in [0.5, 0.6) is 0 Å². The van der Waals surface area contributed by atoms with E-state index in [1.54, 1.807) is 0 Å². The van der Waals surface area contributed by atoms with Gasteiger partial charge in [-0.05, 0) is 32.2 Å². The molecule has 4 aliphatic heterocycles. The number of carbonyl (C=O) groups is 1. The van der Waals surface area contributed by atoms with Crippen LogP contribution in [-0.2, 0) is 9.53 Å². The van der Waals surface area contributed by atoms with Crippen molar-refractivity contribution in [3.63, 3.8) is 0 Å². The van der Waals surface area contributed by atoms with Crippen LogP contribution in [0.15, 0.2) is 0 Å². The van der Waals surface area contributed by atoms with Crippen molar-refractivity contribution in [3.8, 4) is 0 Å². The largest absolute Gasteiger partial charge is 0.374 e. The Morgan fingerprint density at radius 2 is 1.89 bits per heavy atom. The van der Waals surface area contributed by atoms with Crippen LogP contribution in [0, 0.1) is 0 Å². The van der Waals surface area contributed by atoms with E-state index < -0.39 is 0 Å². The van der Waals surface area contributed by atoms with Crippen LogP contribution < -0.4 is 0 Å². The number of piperidine rings is 1. The summed E-state index contributed by atoms with van der Waals surface area (Å²) in [4.78, 5) is 16.8. The summed E-state index contributed by atoms with van der Waals surface area (Å²) >= 11 is 0. The van der Waals surface area contributed by atoms with Crippen molar-refractivity contribution in [3.05, 3.63) is 0 Å². The van der Waals surface area contributed by atoms with E-state index in [2.05, 4.69) is 9.80 Å². The Morgan fingerprint density at radius 1 is 1.11 bits per heavy atom. The smallest absolute Gasteiger partial charge is 0.136 e. The van der Waals surface area contributed by atoms with E-state index >= 15 is 0 Å². The third-order valence-corrected chi connectivity index (χ3v) is 5.57. The highest BCUT2D eigenvalue weighted by molar-refractivity contribution is 5.80. The molecule has 4 aliphatic rings. The van der Waals surface area contributed by atoms with E-state index in [4.69, 9.17) is 4.74 Å². The minimum Gasteiger partial charge on any atom is -0.374 e. The van der Waals surface area contributed by atoms with Crippen LogP contribution in [0.2, 0.25) is 0 Å². The number of hydrogen-bond acceptors (Lipinski definition) is 4. The second kappa shape index (κ2) is 4.83. The highest BCUT2D eigenvalue weighted by Crippen LogP contribution is 2.34. The third kappa shape index (κ3) is 2.24. The van der Waals surface area contributed by atoms with E-state index in [-0.39, 0.29) is 0 Å². The maximum absolute atomic E-state index is 11.6. The summed E-state index contributed by atoms with van der Waals surface area (Å²) in [5, 5.41) is 0. The number of carbonyl (C=O) groups excluding carboxylic acids is 1. The Balaban J connectivity index is 1.38. The average Bonchev–Trinajstić information content (AvgIpc) is 2.94. The van der Waals surface area contributed by atoms with Crippen LogP contribution in [0.1, 0.15) is 38.5 Å². The molecule has 4 heterocycles. The number of nitrogens with zero attached hydrogens (tertiary/aromatic N) is 2. The molecule has 0 radical (unpaired) electrons. The van der Waals surface area contributed by atoms with Gasteiger partial charge in [-0.2, -0.15) is 0 Å². The van der Waals surface area contributed by atoms with E-state index in [9.17, 15) is 4.79 Å². The summed E-state index contributed by atoms with van der Waals surface area (Å²) in [5.74, 6) is 0.480. The summed E-state index contributed by atoms with van der Waals surface area (Å²) in [7, 11) is 0. The van der Waals surface area contributed by atoms with Gasteiger partial charge in [-0.25, -0.2) is 0 Å². The minimum absolute atomic E-state index is 0.366. The zero-order valence-electron chi connectivity index (χ0n) is 11.6. The zero-order chi connectivity index (χ0) is 12.8. The predicted molar refractivity (Wildman–Crippen MR) is 72.1 cm³/mol. The first kappa shape index (κ1) is 12.3. The summed E-state index contributed by atoms with van der Waals surface area (Å²) in [6.07, 6.45) is 7.03. The van der Waals surface area contributed by atoms with E-state index in [0.717, 1.165) is 32.5 Å². The Kier molecular flexibility index (Phi) is 3.13. The minimum atomic E-state index is 0.366. The van der Waals surface area contributed by atoms with Gasteiger partial charge in [0.15, 0.2) is 0 Å². The SMILES string of the molecule is O=C1CC2CCC(C1)N2CC1CN2CCCC2CO1. The Bertz CT molecular complexity index is 357. The van der Waals surface area contributed by atoms with Crippen LogP contribution in [0.25, 0.3) is 0 Å². The quantitative estimate of drug-likeness (QED) is 0.746. The molecular formula is C15H24N2O2. The average molecular weight is 264 g/mol.